The Labute approximate surface area is 148 Å². The third kappa shape index (κ3) is 3.65. The van der Waals surface area contributed by atoms with Gasteiger partial charge in [0, 0.05) is 22.1 Å². The third-order valence-electron chi connectivity index (χ3n) is 3.38. The molecular weight excluding hydrogens is 394 g/mol. The van der Waals surface area contributed by atoms with E-state index in [4.69, 9.17) is 0 Å². The second-order valence-corrected chi connectivity index (χ2v) is 7.71. The molecule has 0 atom stereocenters. The fourth-order valence-electron chi connectivity index (χ4n) is 2.31. The quantitative estimate of drug-likeness (QED) is 0.815. The molecule has 2 aromatic carbocycles. The Hall–Kier alpha value is -2.19. The average Bonchev–Trinajstić information content (AvgIpc) is 2.79. The molecule has 1 amide bonds. The Balaban J connectivity index is 1.64. The zero-order valence-corrected chi connectivity index (χ0v) is 14.9. The number of nitrogens with zero attached hydrogens (tertiary/aromatic N) is 1. The molecule has 0 aromatic heterocycles. The van der Waals surface area contributed by atoms with Crippen molar-refractivity contribution in [3.05, 3.63) is 58.6 Å². The lowest BCUT2D eigenvalue weighted by Gasteiger charge is -2.04. The summed E-state index contributed by atoms with van der Waals surface area (Å²) in [5.41, 5.74) is 1.22. The van der Waals surface area contributed by atoms with Crippen LogP contribution in [0.3, 0.4) is 0 Å². The van der Waals surface area contributed by atoms with Crippen molar-refractivity contribution in [3.63, 3.8) is 0 Å². The van der Waals surface area contributed by atoms with Gasteiger partial charge in [0.25, 0.3) is 10.0 Å². The standard InChI is InChI=1S/C16H14BrN3O3S/c17-11-4-3-5-12(10-11)19-15(21)8-9-18-16-13-6-1-2-7-14(13)24(22,23)20-16/h1-7,10H,8-9H2,(H,18,20)(H,19,21). The van der Waals surface area contributed by atoms with E-state index in [2.05, 4.69) is 31.0 Å². The number of hydrogen-bond donors (Lipinski definition) is 2. The number of amides is 1. The first-order valence-electron chi connectivity index (χ1n) is 7.18. The maximum Gasteiger partial charge on any atom is 0.263 e. The minimum absolute atomic E-state index is 0.153. The van der Waals surface area contributed by atoms with Crippen molar-refractivity contribution in [1.29, 1.82) is 0 Å². The first-order chi connectivity index (χ1) is 11.5. The summed E-state index contributed by atoms with van der Waals surface area (Å²) in [6.45, 7) is 0.187. The molecule has 0 aliphatic carbocycles. The van der Waals surface area contributed by atoms with Gasteiger partial charge in [0.2, 0.25) is 5.91 Å². The molecule has 1 heterocycles. The van der Waals surface area contributed by atoms with Crippen molar-refractivity contribution < 1.29 is 13.2 Å². The molecule has 0 unspecified atom stereocenters. The maximum absolute atomic E-state index is 12.0. The highest BCUT2D eigenvalue weighted by atomic mass is 79.9. The monoisotopic (exact) mass is 407 g/mol. The van der Waals surface area contributed by atoms with Gasteiger partial charge < -0.3 is 5.32 Å². The second kappa shape index (κ2) is 6.74. The van der Waals surface area contributed by atoms with Crippen molar-refractivity contribution in [2.75, 3.05) is 11.9 Å². The van der Waals surface area contributed by atoms with Gasteiger partial charge in [0.15, 0.2) is 0 Å². The second-order valence-electron chi connectivity index (χ2n) is 5.14. The van der Waals surface area contributed by atoms with E-state index >= 15 is 0 Å². The van der Waals surface area contributed by atoms with Crippen LogP contribution >= 0.6 is 15.9 Å². The molecule has 0 saturated carbocycles. The van der Waals surface area contributed by atoms with Gasteiger partial charge in [-0.15, -0.1) is 0 Å². The summed E-state index contributed by atoms with van der Waals surface area (Å²) in [6, 6.07) is 13.9. The molecule has 0 spiro atoms. The van der Waals surface area contributed by atoms with E-state index in [1.165, 1.54) is 6.07 Å². The van der Waals surface area contributed by atoms with Gasteiger partial charge in [-0.1, -0.05) is 34.1 Å². The van der Waals surface area contributed by atoms with Crippen molar-refractivity contribution in [2.24, 2.45) is 4.99 Å². The number of fused-ring (bicyclic) bond motifs is 1. The predicted octanol–water partition coefficient (Wildman–Crippen LogP) is 2.52. The Morgan fingerprint density at radius 3 is 2.75 bits per heavy atom. The van der Waals surface area contributed by atoms with Crippen LogP contribution in [0.2, 0.25) is 0 Å². The summed E-state index contributed by atoms with van der Waals surface area (Å²) in [7, 11) is -3.55. The summed E-state index contributed by atoms with van der Waals surface area (Å²) < 4.78 is 27.2. The number of sulfonamides is 1. The maximum atomic E-state index is 12.0. The van der Waals surface area contributed by atoms with Crippen LogP contribution in [0.5, 0.6) is 0 Å². The summed E-state index contributed by atoms with van der Waals surface area (Å²) >= 11 is 3.34. The van der Waals surface area contributed by atoms with Gasteiger partial charge in [-0.25, -0.2) is 8.42 Å². The Kier molecular flexibility index (Phi) is 4.68. The number of nitrogens with one attached hydrogen (secondary N) is 2. The summed E-state index contributed by atoms with van der Waals surface area (Å²) in [6.07, 6.45) is 0.153. The Morgan fingerprint density at radius 2 is 1.96 bits per heavy atom. The number of anilines is 1. The first-order valence-corrected chi connectivity index (χ1v) is 9.45. The number of hydrogen-bond acceptors (Lipinski definition) is 4. The first kappa shape index (κ1) is 16.7. The van der Waals surface area contributed by atoms with Crippen molar-refractivity contribution >= 4 is 43.4 Å². The topological polar surface area (TPSA) is 87.6 Å². The number of rotatable bonds is 4. The van der Waals surface area contributed by atoms with Gasteiger partial charge in [0.1, 0.15) is 5.84 Å². The van der Waals surface area contributed by atoms with Crippen LogP contribution in [-0.4, -0.2) is 26.7 Å². The molecular formula is C16H14BrN3O3S. The van der Waals surface area contributed by atoms with Crippen LogP contribution in [0, 0.1) is 0 Å². The number of benzene rings is 2. The highest BCUT2D eigenvalue weighted by molar-refractivity contribution is 9.10. The zero-order valence-electron chi connectivity index (χ0n) is 12.5. The molecule has 6 nitrogen and oxygen atoms in total. The van der Waals surface area contributed by atoms with Crippen molar-refractivity contribution in [1.82, 2.24) is 4.72 Å². The number of carbonyl (C=O) groups is 1. The predicted molar refractivity (Wildman–Crippen MR) is 95.6 cm³/mol. The van der Waals surface area contributed by atoms with E-state index in [0.29, 0.717) is 11.3 Å². The van der Waals surface area contributed by atoms with E-state index in [1.807, 2.05) is 12.1 Å². The van der Waals surface area contributed by atoms with E-state index in [1.54, 1.807) is 30.3 Å². The molecule has 2 aromatic rings. The van der Waals surface area contributed by atoms with Crippen molar-refractivity contribution in [2.45, 2.75) is 11.3 Å². The zero-order chi connectivity index (χ0) is 17.2. The van der Waals surface area contributed by atoms with Gasteiger partial charge in [-0.2, -0.15) is 0 Å². The largest absolute Gasteiger partial charge is 0.326 e. The van der Waals surface area contributed by atoms with Crippen LogP contribution in [0.1, 0.15) is 12.0 Å². The molecule has 0 bridgehead atoms. The Morgan fingerprint density at radius 1 is 1.17 bits per heavy atom. The van der Waals surface area contributed by atoms with E-state index in [9.17, 15) is 13.2 Å². The number of amidine groups is 1. The lowest BCUT2D eigenvalue weighted by Crippen LogP contribution is -2.23. The van der Waals surface area contributed by atoms with Gasteiger partial charge in [-0.3, -0.25) is 14.5 Å². The molecule has 0 radical (unpaired) electrons. The molecule has 1 aliphatic rings. The van der Waals surface area contributed by atoms with E-state index < -0.39 is 10.0 Å². The summed E-state index contributed by atoms with van der Waals surface area (Å²) in [5.74, 6) is 0.0902. The fraction of sp³-hybridized carbons (Fsp3) is 0.125. The highest BCUT2D eigenvalue weighted by Crippen LogP contribution is 2.22. The molecule has 2 N–H and O–H groups in total. The number of halogens is 1. The minimum atomic E-state index is -3.55. The molecule has 0 saturated heterocycles. The number of carbonyl (C=O) groups excluding carboxylic acids is 1. The van der Waals surface area contributed by atoms with Gasteiger partial charge in [0.05, 0.1) is 11.4 Å². The third-order valence-corrected chi connectivity index (χ3v) is 5.27. The fourth-order valence-corrected chi connectivity index (χ4v) is 3.96. The molecule has 24 heavy (non-hydrogen) atoms. The minimum Gasteiger partial charge on any atom is -0.326 e. The molecule has 1 aliphatic heterocycles. The molecule has 124 valence electrons. The van der Waals surface area contributed by atoms with Gasteiger partial charge >= 0.3 is 0 Å². The number of aliphatic imine (C=N–C) groups is 1. The van der Waals surface area contributed by atoms with Crippen LogP contribution in [0.15, 0.2) is 62.9 Å². The molecule has 3 rings (SSSR count). The van der Waals surface area contributed by atoms with E-state index in [-0.39, 0.29) is 29.6 Å². The van der Waals surface area contributed by atoms with Crippen LogP contribution in [0.25, 0.3) is 0 Å². The van der Waals surface area contributed by atoms with E-state index in [0.717, 1.165) is 4.47 Å². The van der Waals surface area contributed by atoms with Gasteiger partial charge in [-0.05, 0) is 30.3 Å². The molecule has 8 heteroatoms. The normalized spacial score (nSPS) is 16.5. The highest BCUT2D eigenvalue weighted by Gasteiger charge is 2.29. The average molecular weight is 408 g/mol. The van der Waals surface area contributed by atoms with Crippen molar-refractivity contribution in [3.8, 4) is 0 Å². The SMILES string of the molecule is O=C(CCN=C1NS(=O)(=O)c2ccccc21)Nc1cccc(Br)c1. The smallest absolute Gasteiger partial charge is 0.263 e. The summed E-state index contributed by atoms with van der Waals surface area (Å²) in [4.78, 5) is 16.4. The van der Waals surface area contributed by atoms with Crippen LogP contribution in [0.4, 0.5) is 5.69 Å². The molecule has 0 fully saturated rings. The Bertz CT molecular complexity index is 926. The lowest BCUT2D eigenvalue weighted by molar-refractivity contribution is -0.116. The van der Waals surface area contributed by atoms with Crippen LogP contribution < -0.4 is 10.0 Å². The lowest BCUT2D eigenvalue weighted by atomic mass is 10.2. The summed E-state index contributed by atoms with van der Waals surface area (Å²) in [5, 5.41) is 2.77. The van der Waals surface area contributed by atoms with Crippen LogP contribution in [-0.2, 0) is 14.8 Å².